The van der Waals surface area contributed by atoms with Crippen LogP contribution in [0.3, 0.4) is 0 Å². The Bertz CT molecular complexity index is 1040. The lowest BCUT2D eigenvalue weighted by Crippen LogP contribution is -2.45. The van der Waals surface area contributed by atoms with Gasteiger partial charge in [-0.25, -0.2) is 0 Å². The van der Waals surface area contributed by atoms with Gasteiger partial charge < -0.3 is 34.9 Å². The van der Waals surface area contributed by atoms with Gasteiger partial charge in [0.1, 0.15) is 23.0 Å². The van der Waals surface area contributed by atoms with E-state index in [2.05, 4.69) is 16.0 Å². The highest BCUT2D eigenvalue weighted by Gasteiger charge is 2.32. The minimum Gasteiger partial charge on any atom is -0.497 e. The Labute approximate surface area is 186 Å². The van der Waals surface area contributed by atoms with Crippen molar-refractivity contribution < 1.29 is 23.7 Å². The van der Waals surface area contributed by atoms with Crippen molar-refractivity contribution >= 4 is 28.9 Å². The second-order valence-electron chi connectivity index (χ2n) is 6.70. The third kappa shape index (κ3) is 4.66. The van der Waals surface area contributed by atoms with Crippen LogP contribution < -0.4 is 34.9 Å². The molecule has 31 heavy (non-hydrogen) atoms. The van der Waals surface area contributed by atoms with Gasteiger partial charge in [0.25, 0.3) is 5.91 Å². The highest BCUT2D eigenvalue weighted by molar-refractivity contribution is 7.80. The number of thiocarbonyl (C=S) groups is 1. The number of allylic oxidation sites excluding steroid dienone is 1. The lowest BCUT2D eigenvalue weighted by Gasteiger charge is -2.31. The van der Waals surface area contributed by atoms with Crippen molar-refractivity contribution in [2.24, 2.45) is 0 Å². The minimum atomic E-state index is -0.529. The molecule has 0 saturated heterocycles. The number of hydrogen-bond acceptors (Lipinski definition) is 6. The number of nitrogens with one attached hydrogen (secondary N) is 3. The first-order valence-electron chi connectivity index (χ1n) is 9.45. The van der Waals surface area contributed by atoms with Crippen molar-refractivity contribution in [2.75, 3.05) is 33.8 Å². The predicted molar refractivity (Wildman–Crippen MR) is 122 cm³/mol. The van der Waals surface area contributed by atoms with Gasteiger partial charge in [-0.3, -0.25) is 4.79 Å². The Balaban J connectivity index is 2.00. The molecule has 0 unspecified atom stereocenters. The van der Waals surface area contributed by atoms with Crippen LogP contribution in [0, 0.1) is 0 Å². The van der Waals surface area contributed by atoms with Crippen LogP contribution in [0.15, 0.2) is 47.7 Å². The molecule has 8 nitrogen and oxygen atoms in total. The summed E-state index contributed by atoms with van der Waals surface area (Å²) in [6, 6.07) is 10.1. The number of carbonyl (C=O) groups excluding carboxylic acids is 1. The van der Waals surface area contributed by atoms with E-state index in [0.717, 1.165) is 5.56 Å². The van der Waals surface area contributed by atoms with Crippen molar-refractivity contribution in [3.8, 4) is 23.0 Å². The van der Waals surface area contributed by atoms with Crippen LogP contribution in [0.4, 0.5) is 5.69 Å². The van der Waals surface area contributed by atoms with Crippen LogP contribution in [-0.2, 0) is 4.79 Å². The SMILES string of the molecule is COc1ccc(NC(=O)C2=C(C)NC(=S)N[C@@H]2c2ccc(OC)cc2OC)c(OC)c1. The molecule has 0 aliphatic carbocycles. The molecule has 3 N–H and O–H groups in total. The van der Waals surface area contributed by atoms with Gasteiger partial charge in [-0.2, -0.15) is 0 Å². The summed E-state index contributed by atoms with van der Waals surface area (Å²) in [5, 5.41) is 9.53. The van der Waals surface area contributed by atoms with Crippen molar-refractivity contribution in [1.29, 1.82) is 0 Å². The monoisotopic (exact) mass is 443 g/mol. The summed E-state index contributed by atoms with van der Waals surface area (Å²) in [6.45, 7) is 1.80. The Hall–Kier alpha value is -3.46. The molecule has 0 bridgehead atoms. The third-order valence-corrected chi connectivity index (χ3v) is 5.14. The zero-order valence-corrected chi connectivity index (χ0v) is 18.8. The van der Waals surface area contributed by atoms with Gasteiger partial charge in [-0.05, 0) is 43.4 Å². The quantitative estimate of drug-likeness (QED) is 0.563. The van der Waals surface area contributed by atoms with E-state index in [1.807, 2.05) is 12.1 Å². The van der Waals surface area contributed by atoms with Crippen LogP contribution in [0.25, 0.3) is 0 Å². The maximum atomic E-state index is 13.4. The van der Waals surface area contributed by atoms with E-state index >= 15 is 0 Å². The maximum absolute atomic E-state index is 13.4. The molecule has 1 amide bonds. The zero-order chi connectivity index (χ0) is 22.5. The van der Waals surface area contributed by atoms with Crippen LogP contribution in [-0.4, -0.2) is 39.5 Å². The predicted octanol–water partition coefficient (Wildman–Crippen LogP) is 3.15. The van der Waals surface area contributed by atoms with Gasteiger partial charge in [0.2, 0.25) is 0 Å². The first-order valence-corrected chi connectivity index (χ1v) is 9.86. The summed E-state index contributed by atoms with van der Waals surface area (Å²) in [4.78, 5) is 13.4. The Kier molecular flexibility index (Phi) is 6.86. The van der Waals surface area contributed by atoms with Gasteiger partial charge >= 0.3 is 0 Å². The second-order valence-corrected chi connectivity index (χ2v) is 7.11. The fourth-order valence-corrected chi connectivity index (χ4v) is 3.65. The van der Waals surface area contributed by atoms with E-state index in [1.165, 1.54) is 7.11 Å². The summed E-state index contributed by atoms with van der Waals surface area (Å²) in [6.07, 6.45) is 0. The largest absolute Gasteiger partial charge is 0.497 e. The summed E-state index contributed by atoms with van der Waals surface area (Å²) in [5.74, 6) is 2.01. The normalized spacial score (nSPS) is 15.5. The standard InChI is InChI=1S/C22H25N3O5S/c1-12-19(21(26)24-16-9-7-14(28-3)11-18(16)30-5)20(25-22(31)23-12)15-8-6-13(27-2)10-17(15)29-4/h6-11,20H,1-5H3,(H,24,26)(H2,23,25,31)/t20-/m1/s1. The number of benzene rings is 2. The maximum Gasteiger partial charge on any atom is 0.255 e. The molecule has 0 spiro atoms. The van der Waals surface area contributed by atoms with E-state index in [0.29, 0.717) is 45.1 Å². The summed E-state index contributed by atoms with van der Waals surface area (Å²) >= 11 is 5.34. The van der Waals surface area contributed by atoms with Gasteiger partial charge in [0, 0.05) is 23.4 Å². The molecule has 1 atom stereocenters. The Morgan fingerprint density at radius 2 is 1.55 bits per heavy atom. The number of amides is 1. The second kappa shape index (κ2) is 9.57. The average Bonchev–Trinajstić information content (AvgIpc) is 2.78. The van der Waals surface area contributed by atoms with Crippen molar-refractivity contribution in [1.82, 2.24) is 10.6 Å². The molecule has 2 aromatic carbocycles. The number of rotatable bonds is 7. The topological polar surface area (TPSA) is 90.1 Å². The summed E-state index contributed by atoms with van der Waals surface area (Å²) in [5.41, 5.74) is 2.37. The fraction of sp³-hybridized carbons (Fsp3) is 0.273. The molecule has 0 fully saturated rings. The zero-order valence-electron chi connectivity index (χ0n) is 18.0. The lowest BCUT2D eigenvalue weighted by molar-refractivity contribution is -0.113. The highest BCUT2D eigenvalue weighted by atomic mass is 32.1. The number of methoxy groups -OCH3 is 4. The van der Waals surface area contributed by atoms with Crippen LogP contribution >= 0.6 is 12.2 Å². The molecular formula is C22H25N3O5S. The number of carbonyl (C=O) groups is 1. The summed E-state index contributed by atoms with van der Waals surface area (Å²) < 4.78 is 21.5. The molecule has 0 saturated carbocycles. The van der Waals surface area contributed by atoms with Gasteiger partial charge in [0.15, 0.2) is 5.11 Å². The first kappa shape index (κ1) is 22.2. The van der Waals surface area contributed by atoms with Gasteiger partial charge in [-0.15, -0.1) is 0 Å². The molecule has 0 radical (unpaired) electrons. The fourth-order valence-electron chi connectivity index (χ4n) is 3.38. The van der Waals surface area contributed by atoms with Crippen molar-refractivity contribution in [3.63, 3.8) is 0 Å². The van der Waals surface area contributed by atoms with Gasteiger partial charge in [-0.1, -0.05) is 0 Å². The lowest BCUT2D eigenvalue weighted by atomic mass is 9.94. The minimum absolute atomic E-state index is 0.314. The average molecular weight is 444 g/mol. The molecule has 2 aromatic rings. The van der Waals surface area contributed by atoms with E-state index in [4.69, 9.17) is 31.2 Å². The van der Waals surface area contributed by atoms with Crippen LogP contribution in [0.5, 0.6) is 23.0 Å². The van der Waals surface area contributed by atoms with Crippen molar-refractivity contribution in [3.05, 3.63) is 53.2 Å². The Morgan fingerprint density at radius 1 is 0.935 bits per heavy atom. The molecule has 1 aliphatic rings. The Morgan fingerprint density at radius 3 is 2.16 bits per heavy atom. The molecule has 9 heteroatoms. The third-order valence-electron chi connectivity index (χ3n) is 4.92. The molecule has 1 heterocycles. The first-order chi connectivity index (χ1) is 14.9. The smallest absolute Gasteiger partial charge is 0.255 e. The number of hydrogen-bond donors (Lipinski definition) is 3. The molecule has 1 aliphatic heterocycles. The van der Waals surface area contributed by atoms with E-state index in [1.54, 1.807) is 52.5 Å². The molecule has 0 aromatic heterocycles. The van der Waals surface area contributed by atoms with Gasteiger partial charge in [0.05, 0.1) is 45.7 Å². The van der Waals surface area contributed by atoms with E-state index in [-0.39, 0.29) is 5.91 Å². The molecule has 164 valence electrons. The van der Waals surface area contributed by atoms with Crippen molar-refractivity contribution in [2.45, 2.75) is 13.0 Å². The molecular weight excluding hydrogens is 418 g/mol. The van der Waals surface area contributed by atoms with E-state index < -0.39 is 6.04 Å². The van der Waals surface area contributed by atoms with E-state index in [9.17, 15) is 4.79 Å². The highest BCUT2D eigenvalue weighted by Crippen LogP contribution is 2.36. The molecule has 3 rings (SSSR count). The number of anilines is 1. The van der Waals surface area contributed by atoms with Crippen LogP contribution in [0.1, 0.15) is 18.5 Å². The number of ether oxygens (including phenoxy) is 4. The summed E-state index contributed by atoms with van der Waals surface area (Å²) in [7, 11) is 6.24. The van der Waals surface area contributed by atoms with Crippen LogP contribution in [0.2, 0.25) is 0 Å².